The Bertz CT molecular complexity index is 695. The number of hydrogen-bond donors (Lipinski definition) is 3. The van der Waals surface area contributed by atoms with E-state index in [1.165, 1.54) is 12.1 Å². The van der Waals surface area contributed by atoms with Gasteiger partial charge in [0.2, 0.25) is 15.9 Å². The number of nitrogens with one attached hydrogen (secondary N) is 1. The molecule has 24 heavy (non-hydrogen) atoms. The second-order valence-electron chi connectivity index (χ2n) is 6.60. The topological polar surface area (TPSA) is 119 Å². The van der Waals surface area contributed by atoms with Crippen molar-refractivity contribution in [2.45, 2.75) is 31.6 Å². The first-order valence-electron chi connectivity index (χ1n) is 8.13. The summed E-state index contributed by atoms with van der Waals surface area (Å²) in [6, 6.07) is 4.44. The van der Waals surface area contributed by atoms with Gasteiger partial charge in [0.25, 0.3) is 0 Å². The molecule has 1 aliphatic rings. The van der Waals surface area contributed by atoms with E-state index in [4.69, 9.17) is 10.9 Å². The van der Waals surface area contributed by atoms with Gasteiger partial charge in [-0.2, -0.15) is 0 Å². The van der Waals surface area contributed by atoms with Gasteiger partial charge in [0.1, 0.15) is 0 Å². The highest BCUT2D eigenvalue weighted by Crippen LogP contribution is 2.24. The smallest absolute Gasteiger partial charge is 0.238 e. The Hall–Kier alpha value is -1.80. The molecule has 0 atom stereocenters. The fourth-order valence-electron chi connectivity index (χ4n) is 2.86. The van der Waals surface area contributed by atoms with Crippen molar-refractivity contribution in [2.75, 3.05) is 30.7 Å². The zero-order chi connectivity index (χ0) is 17.9. The van der Waals surface area contributed by atoms with Gasteiger partial charge < -0.3 is 16.0 Å². The lowest BCUT2D eigenvalue weighted by molar-refractivity contribution is -0.135. The van der Waals surface area contributed by atoms with Crippen LogP contribution in [0.5, 0.6) is 0 Å². The Morgan fingerprint density at radius 2 is 1.96 bits per heavy atom. The van der Waals surface area contributed by atoms with Crippen LogP contribution in [0.2, 0.25) is 0 Å². The maximum absolute atomic E-state index is 12.0. The summed E-state index contributed by atoms with van der Waals surface area (Å²) in [5, 5.41) is 8.35. The van der Waals surface area contributed by atoms with Gasteiger partial charge in [0.05, 0.1) is 16.3 Å². The molecule has 8 heteroatoms. The third kappa shape index (κ3) is 4.61. The molecule has 7 nitrogen and oxygen atoms in total. The van der Waals surface area contributed by atoms with Crippen molar-refractivity contribution in [1.82, 2.24) is 4.90 Å². The Morgan fingerprint density at radius 3 is 2.46 bits per heavy atom. The molecule has 0 saturated carbocycles. The van der Waals surface area contributed by atoms with Crippen LogP contribution in [0.3, 0.4) is 0 Å². The van der Waals surface area contributed by atoms with Crippen molar-refractivity contribution in [3.05, 3.63) is 18.2 Å². The average molecular weight is 354 g/mol. The van der Waals surface area contributed by atoms with E-state index in [9.17, 15) is 13.2 Å². The molecular formula is C16H26N4O3S. The zero-order valence-electron chi connectivity index (χ0n) is 14.2. The highest BCUT2D eigenvalue weighted by atomic mass is 32.2. The molecule has 134 valence electrons. The van der Waals surface area contributed by atoms with Crippen LogP contribution < -0.4 is 16.2 Å². The predicted octanol–water partition coefficient (Wildman–Crippen LogP) is 1.22. The molecular weight excluding hydrogens is 328 g/mol. The second kappa shape index (κ2) is 7.40. The van der Waals surface area contributed by atoms with E-state index in [0.717, 1.165) is 32.5 Å². The summed E-state index contributed by atoms with van der Waals surface area (Å²) in [7, 11) is -3.74. The number of piperidine rings is 1. The standard InChI is InChI=1S/C16H26N4O3S/c1-11(2)16(21)20-7-5-12(6-8-20)10-19-15-4-3-13(9-14(15)17)24(18,22)23/h3-4,9,11-12,19H,5-8,10,17H2,1-2H3,(H2,18,22,23). The fraction of sp³-hybridized carbons (Fsp3) is 0.562. The van der Waals surface area contributed by atoms with Crippen LogP contribution in [0.1, 0.15) is 26.7 Å². The number of carbonyl (C=O) groups excluding carboxylic acids is 1. The number of anilines is 2. The summed E-state index contributed by atoms with van der Waals surface area (Å²) >= 11 is 0. The van der Waals surface area contributed by atoms with Crippen LogP contribution in [0.4, 0.5) is 11.4 Å². The van der Waals surface area contributed by atoms with Crippen molar-refractivity contribution in [3.63, 3.8) is 0 Å². The van der Waals surface area contributed by atoms with Crippen LogP contribution in [0.15, 0.2) is 23.1 Å². The van der Waals surface area contributed by atoms with E-state index in [1.807, 2.05) is 18.7 Å². The minimum Gasteiger partial charge on any atom is -0.397 e. The normalized spacial score (nSPS) is 16.4. The number of nitrogen functional groups attached to an aromatic ring is 1. The molecule has 1 fully saturated rings. The molecule has 0 radical (unpaired) electrons. The van der Waals surface area contributed by atoms with Crippen molar-refractivity contribution in [3.8, 4) is 0 Å². The summed E-state index contributed by atoms with van der Waals surface area (Å²) in [5.41, 5.74) is 6.95. The molecule has 1 aromatic rings. The number of primary sulfonamides is 1. The summed E-state index contributed by atoms with van der Waals surface area (Å²) < 4.78 is 22.6. The first-order valence-corrected chi connectivity index (χ1v) is 9.68. The third-order valence-corrected chi connectivity index (χ3v) is 5.26. The average Bonchev–Trinajstić information content (AvgIpc) is 2.52. The molecule has 5 N–H and O–H groups in total. The number of nitrogens with zero attached hydrogens (tertiary/aromatic N) is 1. The number of likely N-dealkylation sites (tertiary alicyclic amines) is 1. The summed E-state index contributed by atoms with van der Waals surface area (Å²) in [6.45, 7) is 6.14. The summed E-state index contributed by atoms with van der Waals surface area (Å²) in [6.07, 6.45) is 1.89. The fourth-order valence-corrected chi connectivity index (χ4v) is 3.40. The molecule has 0 spiro atoms. The maximum atomic E-state index is 12.0. The minimum atomic E-state index is -3.74. The molecule has 1 aliphatic heterocycles. The van der Waals surface area contributed by atoms with E-state index in [0.29, 0.717) is 17.3 Å². The first-order chi connectivity index (χ1) is 11.2. The van der Waals surface area contributed by atoms with Crippen molar-refractivity contribution < 1.29 is 13.2 Å². The lowest BCUT2D eigenvalue weighted by atomic mass is 9.96. The molecule has 1 heterocycles. The Morgan fingerprint density at radius 1 is 1.33 bits per heavy atom. The van der Waals surface area contributed by atoms with Gasteiger partial charge in [-0.25, -0.2) is 13.6 Å². The number of nitrogens with two attached hydrogens (primary N) is 2. The largest absolute Gasteiger partial charge is 0.397 e. The van der Waals surface area contributed by atoms with Gasteiger partial charge in [-0.3, -0.25) is 4.79 Å². The van der Waals surface area contributed by atoms with Gasteiger partial charge in [-0.1, -0.05) is 13.8 Å². The van der Waals surface area contributed by atoms with Gasteiger partial charge in [-0.15, -0.1) is 0 Å². The number of carbonyl (C=O) groups is 1. The lowest BCUT2D eigenvalue weighted by Gasteiger charge is -2.33. The van der Waals surface area contributed by atoms with Crippen LogP contribution in [-0.4, -0.2) is 38.9 Å². The van der Waals surface area contributed by atoms with E-state index < -0.39 is 10.0 Å². The van der Waals surface area contributed by atoms with E-state index >= 15 is 0 Å². The van der Waals surface area contributed by atoms with Gasteiger partial charge in [-0.05, 0) is 37.0 Å². The Balaban J connectivity index is 1.88. The predicted molar refractivity (Wildman–Crippen MR) is 94.9 cm³/mol. The van der Waals surface area contributed by atoms with Crippen LogP contribution in [0.25, 0.3) is 0 Å². The highest BCUT2D eigenvalue weighted by Gasteiger charge is 2.24. The highest BCUT2D eigenvalue weighted by molar-refractivity contribution is 7.89. The molecule has 0 aromatic heterocycles. The van der Waals surface area contributed by atoms with Crippen molar-refractivity contribution >= 4 is 27.3 Å². The van der Waals surface area contributed by atoms with Gasteiger partial charge in [0.15, 0.2) is 0 Å². The summed E-state index contributed by atoms with van der Waals surface area (Å²) in [5.74, 6) is 0.708. The SMILES string of the molecule is CC(C)C(=O)N1CCC(CNc2ccc(S(N)(=O)=O)cc2N)CC1. The van der Waals surface area contributed by atoms with Crippen molar-refractivity contribution in [1.29, 1.82) is 0 Å². The Kier molecular flexibility index (Phi) is 5.71. The molecule has 0 aliphatic carbocycles. The maximum Gasteiger partial charge on any atom is 0.238 e. The van der Waals surface area contributed by atoms with Gasteiger partial charge in [0, 0.05) is 25.6 Å². The third-order valence-electron chi connectivity index (χ3n) is 4.35. The van der Waals surface area contributed by atoms with Crippen LogP contribution in [0, 0.1) is 11.8 Å². The number of rotatable bonds is 5. The van der Waals surface area contributed by atoms with E-state index in [1.54, 1.807) is 6.07 Å². The first kappa shape index (κ1) is 18.5. The molecule has 1 aromatic carbocycles. The lowest BCUT2D eigenvalue weighted by Crippen LogP contribution is -2.41. The number of amides is 1. The van der Waals surface area contributed by atoms with Gasteiger partial charge >= 0.3 is 0 Å². The minimum absolute atomic E-state index is 0.00561. The molecule has 2 rings (SSSR count). The van der Waals surface area contributed by atoms with Crippen LogP contribution >= 0.6 is 0 Å². The van der Waals surface area contributed by atoms with Crippen LogP contribution in [-0.2, 0) is 14.8 Å². The molecule has 0 unspecified atom stereocenters. The second-order valence-corrected chi connectivity index (χ2v) is 8.16. The zero-order valence-corrected chi connectivity index (χ0v) is 15.0. The number of hydrogen-bond acceptors (Lipinski definition) is 5. The monoisotopic (exact) mass is 354 g/mol. The molecule has 0 bridgehead atoms. The Labute approximate surface area is 143 Å². The van der Waals surface area contributed by atoms with Crippen molar-refractivity contribution in [2.24, 2.45) is 17.0 Å². The quantitative estimate of drug-likeness (QED) is 0.687. The summed E-state index contributed by atoms with van der Waals surface area (Å²) in [4.78, 5) is 13.9. The number of benzene rings is 1. The van der Waals surface area contributed by atoms with E-state index in [2.05, 4.69) is 5.32 Å². The molecule has 1 amide bonds. The van der Waals surface area contributed by atoms with E-state index in [-0.39, 0.29) is 16.7 Å². The molecule has 1 saturated heterocycles. The number of sulfonamides is 1.